The summed E-state index contributed by atoms with van der Waals surface area (Å²) in [5, 5.41) is 4.62. The van der Waals surface area contributed by atoms with Crippen molar-refractivity contribution in [2.45, 2.75) is 0 Å². The molecule has 4 aromatic heterocycles. The summed E-state index contributed by atoms with van der Waals surface area (Å²) < 4.78 is 17.2. The maximum absolute atomic E-state index is 6.24. The van der Waals surface area contributed by atoms with Gasteiger partial charge in [-0.2, -0.15) is 0 Å². The van der Waals surface area contributed by atoms with Gasteiger partial charge in [0.05, 0.1) is 22.1 Å². The molecule has 4 heterocycles. The molecule has 14 aromatic rings. The van der Waals surface area contributed by atoms with Crippen molar-refractivity contribution in [1.29, 1.82) is 0 Å². The average Bonchev–Trinajstić information content (AvgIpc) is 4.20. The van der Waals surface area contributed by atoms with E-state index in [0.717, 1.165) is 88.7 Å². The highest BCUT2D eigenvalue weighted by Crippen LogP contribution is 2.40. The van der Waals surface area contributed by atoms with Crippen LogP contribution in [0.25, 0.3) is 133 Å². The molecule has 0 atom stereocenters. The highest BCUT2D eigenvalue weighted by molar-refractivity contribution is 6.13. The minimum Gasteiger partial charge on any atom is -0.436 e. The summed E-state index contributed by atoms with van der Waals surface area (Å²) in [4.78, 5) is 9.68. The zero-order chi connectivity index (χ0) is 44.7. The van der Waals surface area contributed by atoms with Crippen LogP contribution in [0, 0.1) is 0 Å². The molecule has 0 fully saturated rings. The fraction of sp³-hybridized carbons (Fsp3) is 0. The zero-order valence-electron chi connectivity index (χ0n) is 36.5. The van der Waals surface area contributed by atoms with Crippen LogP contribution in [0.2, 0.25) is 0 Å². The van der Waals surface area contributed by atoms with E-state index in [2.05, 4.69) is 191 Å². The highest BCUT2D eigenvalue weighted by Gasteiger charge is 2.19. The summed E-state index contributed by atoms with van der Waals surface area (Å²) in [7, 11) is 0. The second kappa shape index (κ2) is 15.2. The number of rotatable bonds is 7. The van der Waals surface area contributed by atoms with Crippen LogP contribution in [0.3, 0.4) is 0 Å². The Hall–Kier alpha value is -9.26. The molecule has 318 valence electrons. The lowest BCUT2D eigenvalue weighted by Crippen LogP contribution is -1.95. The Balaban J connectivity index is 0.843. The van der Waals surface area contributed by atoms with Crippen LogP contribution < -0.4 is 0 Å². The van der Waals surface area contributed by atoms with Gasteiger partial charge >= 0.3 is 0 Å². The van der Waals surface area contributed by atoms with Crippen LogP contribution in [0.15, 0.2) is 239 Å². The van der Waals surface area contributed by atoms with Crippen LogP contribution in [0.4, 0.5) is 0 Å². The van der Waals surface area contributed by atoms with Crippen molar-refractivity contribution in [1.82, 2.24) is 19.1 Å². The standard InChI is InChI=1S/C62H38N4O2/c1-3-11-39(12-4-1)43-23-31-55-49(35-43)51-37-45(61-63-53-15-7-9-17-59(53)67-61)25-33-57(51)65(55)47-27-19-41(20-28-47)42-21-29-48(30-22-42)66-56-32-24-44(40-13-5-2-6-14-40)36-50(56)52-38-46(26-34-58(52)66)62-64-54-16-8-10-18-60(54)68-62/h1-38H. The summed E-state index contributed by atoms with van der Waals surface area (Å²) in [6.45, 7) is 0. The van der Waals surface area contributed by atoms with E-state index in [1.165, 1.54) is 33.0 Å². The molecule has 0 unspecified atom stereocenters. The highest BCUT2D eigenvalue weighted by atomic mass is 16.4. The van der Waals surface area contributed by atoms with Crippen LogP contribution in [0.5, 0.6) is 0 Å². The number of hydrogen-bond donors (Lipinski definition) is 0. The number of oxazole rings is 2. The first-order valence-corrected chi connectivity index (χ1v) is 22.9. The van der Waals surface area contributed by atoms with E-state index in [9.17, 15) is 0 Å². The molecule has 0 bridgehead atoms. The maximum Gasteiger partial charge on any atom is 0.227 e. The molecule has 0 spiro atoms. The number of fused-ring (bicyclic) bond motifs is 8. The first-order valence-electron chi connectivity index (χ1n) is 22.9. The Labute approximate surface area is 390 Å². The Morgan fingerprint density at radius 3 is 0.956 bits per heavy atom. The summed E-state index contributed by atoms with van der Waals surface area (Å²) in [6.07, 6.45) is 0. The molecule has 68 heavy (non-hydrogen) atoms. The van der Waals surface area contributed by atoms with Gasteiger partial charge in [-0.25, -0.2) is 9.97 Å². The van der Waals surface area contributed by atoms with E-state index in [0.29, 0.717) is 11.8 Å². The van der Waals surface area contributed by atoms with Crippen LogP contribution in [0.1, 0.15) is 0 Å². The molecule has 0 N–H and O–H groups in total. The van der Waals surface area contributed by atoms with Gasteiger partial charge in [-0.1, -0.05) is 121 Å². The van der Waals surface area contributed by atoms with E-state index in [1.807, 2.05) is 48.5 Å². The van der Waals surface area contributed by atoms with E-state index in [-0.39, 0.29) is 0 Å². The number of aromatic nitrogens is 4. The van der Waals surface area contributed by atoms with Gasteiger partial charge in [0.25, 0.3) is 0 Å². The maximum atomic E-state index is 6.24. The van der Waals surface area contributed by atoms with Crippen molar-refractivity contribution in [2.75, 3.05) is 0 Å². The monoisotopic (exact) mass is 870 g/mol. The van der Waals surface area contributed by atoms with E-state index in [4.69, 9.17) is 18.8 Å². The molecular formula is C62H38N4O2. The van der Waals surface area contributed by atoms with Gasteiger partial charge in [0.2, 0.25) is 11.8 Å². The first kappa shape index (κ1) is 38.1. The molecule has 0 aliphatic carbocycles. The molecule has 0 aliphatic heterocycles. The SMILES string of the molecule is c1ccc(-c2ccc3c(c2)c2cc(-c4nc5ccccc5o4)ccc2n3-c2ccc(-c3ccc(-n4c5ccc(-c6ccccc6)cc5c5cc(-c6nc7ccccc7o6)ccc54)cc3)cc2)cc1. The molecule has 14 rings (SSSR count). The average molecular weight is 871 g/mol. The normalized spacial score (nSPS) is 11.8. The Morgan fingerprint density at radius 2 is 0.574 bits per heavy atom. The molecule has 6 heteroatoms. The summed E-state index contributed by atoms with van der Waals surface area (Å²) in [5.41, 5.74) is 18.8. The third-order valence-corrected chi connectivity index (χ3v) is 13.4. The molecular weight excluding hydrogens is 833 g/mol. The van der Waals surface area contributed by atoms with Crippen LogP contribution >= 0.6 is 0 Å². The Morgan fingerprint density at radius 1 is 0.265 bits per heavy atom. The van der Waals surface area contributed by atoms with Crippen molar-refractivity contribution in [3.05, 3.63) is 231 Å². The van der Waals surface area contributed by atoms with E-state index >= 15 is 0 Å². The molecule has 0 aliphatic rings. The van der Waals surface area contributed by atoms with E-state index < -0.39 is 0 Å². The zero-order valence-corrected chi connectivity index (χ0v) is 36.5. The van der Waals surface area contributed by atoms with Crippen molar-refractivity contribution in [2.24, 2.45) is 0 Å². The third kappa shape index (κ3) is 6.19. The fourth-order valence-corrected chi connectivity index (χ4v) is 10.1. The lowest BCUT2D eigenvalue weighted by Gasteiger charge is -2.12. The molecule has 0 saturated carbocycles. The quantitative estimate of drug-likeness (QED) is 0.160. The molecule has 0 amide bonds. The Kier molecular flexibility index (Phi) is 8.48. The molecule has 0 radical (unpaired) electrons. The lowest BCUT2D eigenvalue weighted by atomic mass is 10.0. The summed E-state index contributed by atoms with van der Waals surface area (Å²) in [6, 6.07) is 81.4. The predicted octanol–water partition coefficient (Wildman–Crippen LogP) is 16.5. The smallest absolute Gasteiger partial charge is 0.227 e. The largest absolute Gasteiger partial charge is 0.436 e. The number of para-hydroxylation sites is 4. The van der Waals surface area contributed by atoms with Gasteiger partial charge in [0.1, 0.15) is 11.0 Å². The van der Waals surface area contributed by atoms with Gasteiger partial charge in [0, 0.05) is 44.0 Å². The second-order valence-corrected chi connectivity index (χ2v) is 17.4. The van der Waals surface area contributed by atoms with Gasteiger partial charge < -0.3 is 18.0 Å². The molecule has 0 saturated heterocycles. The van der Waals surface area contributed by atoms with Gasteiger partial charge in [-0.3, -0.25) is 0 Å². The minimum atomic E-state index is 0.615. The number of nitrogens with zero attached hydrogens (tertiary/aromatic N) is 4. The third-order valence-electron chi connectivity index (χ3n) is 13.4. The van der Waals surface area contributed by atoms with Crippen molar-refractivity contribution in [3.63, 3.8) is 0 Å². The van der Waals surface area contributed by atoms with Gasteiger partial charge in [-0.05, 0) is 143 Å². The van der Waals surface area contributed by atoms with Crippen molar-refractivity contribution >= 4 is 65.8 Å². The van der Waals surface area contributed by atoms with Crippen molar-refractivity contribution in [3.8, 4) is 67.7 Å². The topological polar surface area (TPSA) is 61.9 Å². The predicted molar refractivity (Wildman–Crippen MR) is 277 cm³/mol. The molecule has 6 nitrogen and oxygen atoms in total. The summed E-state index contributed by atoms with van der Waals surface area (Å²) in [5.74, 6) is 1.23. The van der Waals surface area contributed by atoms with Gasteiger partial charge in [0.15, 0.2) is 11.2 Å². The molecule has 10 aromatic carbocycles. The number of hydrogen-bond acceptors (Lipinski definition) is 4. The van der Waals surface area contributed by atoms with Gasteiger partial charge in [-0.15, -0.1) is 0 Å². The fourth-order valence-electron chi connectivity index (χ4n) is 10.1. The number of benzene rings is 10. The first-order chi connectivity index (χ1) is 33.7. The van der Waals surface area contributed by atoms with Crippen LogP contribution in [-0.2, 0) is 0 Å². The van der Waals surface area contributed by atoms with Crippen molar-refractivity contribution < 1.29 is 8.83 Å². The Bertz CT molecular complexity index is 3890. The second-order valence-electron chi connectivity index (χ2n) is 17.4. The minimum absolute atomic E-state index is 0.615. The van der Waals surface area contributed by atoms with E-state index in [1.54, 1.807) is 0 Å². The van der Waals surface area contributed by atoms with Crippen LogP contribution in [-0.4, -0.2) is 19.1 Å². The summed E-state index contributed by atoms with van der Waals surface area (Å²) >= 11 is 0. The lowest BCUT2D eigenvalue weighted by molar-refractivity contribution is 0.619.